The average molecular weight is 301 g/mol. The van der Waals surface area contributed by atoms with Crippen molar-refractivity contribution in [1.29, 1.82) is 0 Å². The minimum absolute atomic E-state index is 0.00857. The van der Waals surface area contributed by atoms with Gasteiger partial charge in [0.15, 0.2) is 0 Å². The molecule has 2 heterocycles. The van der Waals surface area contributed by atoms with Crippen molar-refractivity contribution >= 4 is 11.2 Å². The van der Waals surface area contributed by atoms with Crippen LogP contribution in [0.1, 0.15) is 11.3 Å². The van der Waals surface area contributed by atoms with Crippen molar-refractivity contribution in [2.24, 2.45) is 0 Å². The molecule has 3 rings (SSSR count). The van der Waals surface area contributed by atoms with Crippen LogP contribution in [0.4, 0.5) is 5.69 Å². The summed E-state index contributed by atoms with van der Waals surface area (Å²) in [4.78, 5) is 34.9. The number of nitrogens with one attached hydrogen (secondary N) is 1. The van der Waals surface area contributed by atoms with Crippen molar-refractivity contribution in [2.45, 2.75) is 13.8 Å². The number of hydrogen-bond donors (Lipinski definition) is 1. The Balaban J connectivity index is 2.40. The molecular weight excluding hydrogens is 290 g/mol. The maximum absolute atomic E-state index is 12.4. The molecule has 22 heavy (non-hydrogen) atoms. The lowest BCUT2D eigenvalue weighted by atomic mass is 10.2. The van der Waals surface area contributed by atoms with E-state index in [0.29, 0.717) is 5.69 Å². The Morgan fingerprint density at radius 1 is 1.18 bits per heavy atom. The topological polar surface area (TPSA) is 115 Å². The molecule has 1 N–H and O–H groups in total. The van der Waals surface area contributed by atoms with Gasteiger partial charge in [0.1, 0.15) is 5.69 Å². The predicted molar refractivity (Wildman–Crippen MR) is 77.5 cm³/mol. The van der Waals surface area contributed by atoms with Crippen LogP contribution in [0.2, 0.25) is 0 Å². The smallest absolute Gasteiger partial charge is 0.265 e. The molecule has 0 bridgehead atoms. The van der Waals surface area contributed by atoms with Gasteiger partial charge < -0.3 is 0 Å². The summed E-state index contributed by atoms with van der Waals surface area (Å²) in [5, 5.41) is 17.2. The predicted octanol–water partition coefficient (Wildman–Crippen LogP) is 0.699. The maximum Gasteiger partial charge on any atom is 0.369 e. The lowest BCUT2D eigenvalue weighted by Gasteiger charge is -2.05. The van der Waals surface area contributed by atoms with Gasteiger partial charge in [-0.25, -0.2) is 9.48 Å². The summed E-state index contributed by atoms with van der Waals surface area (Å²) >= 11 is 0. The number of nitrogens with zero attached hydrogens (tertiary/aromatic N) is 4. The fourth-order valence-electron chi connectivity index (χ4n) is 2.25. The van der Waals surface area contributed by atoms with Crippen LogP contribution in [0.25, 0.3) is 11.2 Å². The number of aryl methyl sites for hydroxylation is 2. The first-order chi connectivity index (χ1) is 10.4. The van der Waals surface area contributed by atoms with Gasteiger partial charge in [-0.05, 0) is 26.0 Å². The van der Waals surface area contributed by atoms with Crippen molar-refractivity contribution in [2.75, 3.05) is 0 Å². The minimum atomic E-state index is -0.757. The molecule has 0 spiro atoms. The van der Waals surface area contributed by atoms with Gasteiger partial charge in [-0.15, -0.1) is 0 Å². The summed E-state index contributed by atoms with van der Waals surface area (Å²) in [6.07, 6.45) is 0. The highest BCUT2D eigenvalue weighted by Crippen LogP contribution is 2.19. The zero-order valence-corrected chi connectivity index (χ0v) is 11.7. The van der Waals surface area contributed by atoms with Crippen molar-refractivity contribution < 1.29 is 4.92 Å². The van der Waals surface area contributed by atoms with E-state index < -0.39 is 21.9 Å². The van der Waals surface area contributed by atoms with Crippen LogP contribution in [0.15, 0.2) is 33.9 Å². The third-order valence-corrected chi connectivity index (χ3v) is 3.30. The first kappa shape index (κ1) is 13.7. The molecule has 9 nitrogen and oxygen atoms in total. The summed E-state index contributed by atoms with van der Waals surface area (Å²) in [5.74, 6) is 0. The standard InChI is InChI=1S/C13H11N5O4/c1-7-3-5-9(6-4-7)16-13(20)17-11(12(19)15-16)10(18(21)22)8(2)14-17/h3-6H,1-2H3,(H,15,19). The second kappa shape index (κ2) is 4.65. The molecule has 0 saturated heterocycles. The van der Waals surface area contributed by atoms with Gasteiger partial charge >= 0.3 is 11.4 Å². The molecule has 2 aromatic heterocycles. The van der Waals surface area contributed by atoms with Crippen LogP contribution in [0.5, 0.6) is 0 Å². The Morgan fingerprint density at radius 3 is 2.41 bits per heavy atom. The number of aromatic amines is 1. The Labute approximate surface area is 122 Å². The van der Waals surface area contributed by atoms with Crippen LogP contribution in [0.3, 0.4) is 0 Å². The van der Waals surface area contributed by atoms with E-state index in [4.69, 9.17) is 0 Å². The van der Waals surface area contributed by atoms with E-state index in [9.17, 15) is 19.7 Å². The summed E-state index contributed by atoms with van der Waals surface area (Å²) in [6, 6.07) is 6.87. The first-order valence-corrected chi connectivity index (χ1v) is 6.36. The molecule has 3 aromatic rings. The number of rotatable bonds is 2. The zero-order chi connectivity index (χ0) is 16.0. The van der Waals surface area contributed by atoms with Gasteiger partial charge in [0.2, 0.25) is 5.52 Å². The molecule has 1 aromatic carbocycles. The summed E-state index contributed by atoms with van der Waals surface area (Å²) < 4.78 is 1.76. The number of hydrogen-bond acceptors (Lipinski definition) is 5. The van der Waals surface area contributed by atoms with Crippen molar-refractivity contribution in [1.82, 2.24) is 19.4 Å². The molecule has 0 atom stereocenters. The fraction of sp³-hybridized carbons (Fsp3) is 0.154. The van der Waals surface area contributed by atoms with E-state index in [-0.39, 0.29) is 11.2 Å². The molecule has 0 unspecified atom stereocenters. The average Bonchev–Trinajstić information content (AvgIpc) is 2.82. The maximum atomic E-state index is 12.4. The summed E-state index contributed by atoms with van der Waals surface area (Å²) in [7, 11) is 0. The molecule has 0 saturated carbocycles. The van der Waals surface area contributed by atoms with Gasteiger partial charge in [0, 0.05) is 0 Å². The second-order valence-corrected chi connectivity index (χ2v) is 4.85. The SMILES string of the molecule is Cc1ccc(-n2[nH]c(=O)c3c([N+](=O)[O-])c(C)nn3c2=O)cc1. The Kier molecular flexibility index (Phi) is 2.91. The van der Waals surface area contributed by atoms with Crippen molar-refractivity contribution in [3.05, 3.63) is 66.5 Å². The monoisotopic (exact) mass is 301 g/mol. The van der Waals surface area contributed by atoms with E-state index in [0.717, 1.165) is 14.8 Å². The lowest BCUT2D eigenvalue weighted by Crippen LogP contribution is -2.34. The third-order valence-electron chi connectivity index (χ3n) is 3.30. The summed E-state index contributed by atoms with van der Waals surface area (Å²) in [5.41, 5.74) is -0.835. The highest BCUT2D eigenvalue weighted by atomic mass is 16.6. The van der Waals surface area contributed by atoms with Crippen LogP contribution in [-0.2, 0) is 0 Å². The van der Waals surface area contributed by atoms with Crippen molar-refractivity contribution in [3.8, 4) is 5.69 Å². The van der Waals surface area contributed by atoms with Crippen LogP contribution < -0.4 is 11.2 Å². The Hall–Kier alpha value is -3.23. The number of nitro groups is 1. The quantitative estimate of drug-likeness (QED) is 0.552. The lowest BCUT2D eigenvalue weighted by molar-refractivity contribution is -0.383. The van der Waals surface area contributed by atoms with Gasteiger partial charge in [-0.1, -0.05) is 17.7 Å². The molecule has 9 heteroatoms. The van der Waals surface area contributed by atoms with E-state index in [1.54, 1.807) is 24.3 Å². The van der Waals surface area contributed by atoms with E-state index in [1.807, 2.05) is 6.92 Å². The third kappa shape index (κ3) is 1.91. The highest BCUT2D eigenvalue weighted by molar-refractivity contribution is 5.65. The molecule has 0 aliphatic carbocycles. The summed E-state index contributed by atoms with van der Waals surface area (Å²) in [6.45, 7) is 3.26. The first-order valence-electron chi connectivity index (χ1n) is 6.36. The van der Waals surface area contributed by atoms with Gasteiger partial charge in [0.05, 0.1) is 10.6 Å². The van der Waals surface area contributed by atoms with Crippen LogP contribution >= 0.6 is 0 Å². The molecule has 0 aliphatic heterocycles. The molecule has 0 amide bonds. The van der Waals surface area contributed by atoms with Crippen LogP contribution in [0, 0.1) is 24.0 Å². The molecule has 0 radical (unpaired) electrons. The minimum Gasteiger partial charge on any atom is -0.265 e. The highest BCUT2D eigenvalue weighted by Gasteiger charge is 2.25. The number of benzene rings is 1. The van der Waals surface area contributed by atoms with Gasteiger partial charge in [0.25, 0.3) is 5.56 Å². The number of fused-ring (bicyclic) bond motifs is 1. The second-order valence-electron chi connectivity index (χ2n) is 4.85. The fourth-order valence-corrected chi connectivity index (χ4v) is 2.25. The van der Waals surface area contributed by atoms with Crippen molar-refractivity contribution in [3.63, 3.8) is 0 Å². The normalized spacial score (nSPS) is 11.0. The van der Waals surface area contributed by atoms with E-state index >= 15 is 0 Å². The largest absolute Gasteiger partial charge is 0.369 e. The molecular formula is C13H11N5O4. The molecule has 112 valence electrons. The zero-order valence-electron chi connectivity index (χ0n) is 11.7. The van der Waals surface area contributed by atoms with E-state index in [1.165, 1.54) is 6.92 Å². The number of H-pyrrole nitrogens is 1. The molecule has 0 fully saturated rings. The Morgan fingerprint density at radius 2 is 1.82 bits per heavy atom. The van der Waals surface area contributed by atoms with Gasteiger partial charge in [-0.2, -0.15) is 9.61 Å². The molecule has 0 aliphatic rings. The number of aromatic nitrogens is 4. The van der Waals surface area contributed by atoms with Gasteiger partial charge in [-0.3, -0.25) is 20.0 Å². The van der Waals surface area contributed by atoms with E-state index in [2.05, 4.69) is 10.2 Å². The van der Waals surface area contributed by atoms with Crippen LogP contribution in [-0.4, -0.2) is 24.3 Å². The Bertz CT molecular complexity index is 1010.